The highest BCUT2D eigenvalue weighted by molar-refractivity contribution is 7.17. The van der Waals surface area contributed by atoms with Crippen molar-refractivity contribution in [1.29, 1.82) is 0 Å². The van der Waals surface area contributed by atoms with Crippen molar-refractivity contribution in [1.82, 2.24) is 4.98 Å². The molecule has 1 aromatic heterocycles. The molecule has 8 heteroatoms. The maximum absolute atomic E-state index is 12.7. The van der Waals surface area contributed by atoms with Gasteiger partial charge in [0.25, 0.3) is 0 Å². The molecule has 106 valence electrons. The van der Waals surface area contributed by atoms with Gasteiger partial charge in [-0.3, -0.25) is 0 Å². The first kappa shape index (κ1) is 14.3. The highest BCUT2D eigenvalue weighted by Gasteiger charge is 2.39. The van der Waals surface area contributed by atoms with Crippen LogP contribution in [0.4, 0.5) is 13.2 Å². The molecule has 0 aliphatic carbocycles. The number of nitrogens with zero attached hydrogens (tertiary/aromatic N) is 1. The number of carboxylic acid groups (broad SMARTS) is 1. The topological polar surface area (TPSA) is 59.4 Å². The number of rotatable bonds is 3. The van der Waals surface area contributed by atoms with Gasteiger partial charge in [-0.1, -0.05) is 0 Å². The van der Waals surface area contributed by atoms with E-state index in [0.29, 0.717) is 22.6 Å². The van der Waals surface area contributed by atoms with Crippen LogP contribution in [0.5, 0.6) is 5.75 Å². The van der Waals surface area contributed by atoms with Crippen molar-refractivity contribution < 1.29 is 27.8 Å². The summed E-state index contributed by atoms with van der Waals surface area (Å²) in [7, 11) is 1.46. The van der Waals surface area contributed by atoms with Crippen molar-refractivity contribution in [3.8, 4) is 16.3 Å². The molecule has 0 amide bonds. The van der Waals surface area contributed by atoms with Crippen LogP contribution < -0.4 is 4.74 Å². The Kier molecular flexibility index (Phi) is 3.67. The highest BCUT2D eigenvalue weighted by atomic mass is 32.1. The van der Waals surface area contributed by atoms with Crippen LogP contribution >= 0.6 is 11.3 Å². The van der Waals surface area contributed by atoms with Crippen LogP contribution in [0.2, 0.25) is 0 Å². The fourth-order valence-electron chi connectivity index (χ4n) is 1.51. The van der Waals surface area contributed by atoms with Crippen LogP contribution in [0.1, 0.15) is 15.4 Å². The molecule has 0 atom stereocenters. The summed E-state index contributed by atoms with van der Waals surface area (Å²) >= 11 is 0.490. The molecule has 1 aromatic carbocycles. The maximum atomic E-state index is 12.7. The molecule has 0 saturated heterocycles. The molecule has 0 saturated carbocycles. The number of carbonyl (C=O) groups is 1. The first-order valence-electron chi connectivity index (χ1n) is 5.28. The fourth-order valence-corrected chi connectivity index (χ4v) is 2.44. The molecule has 0 fully saturated rings. The Morgan fingerprint density at radius 2 is 1.90 bits per heavy atom. The van der Waals surface area contributed by atoms with E-state index in [-0.39, 0.29) is 5.01 Å². The summed E-state index contributed by atoms with van der Waals surface area (Å²) < 4.78 is 43.1. The largest absolute Gasteiger partial charge is 0.497 e. The molecule has 2 rings (SSSR count). The van der Waals surface area contributed by atoms with Gasteiger partial charge in [0.05, 0.1) is 7.11 Å². The fraction of sp³-hybridized carbons (Fsp3) is 0.167. The molecule has 0 spiro atoms. The van der Waals surface area contributed by atoms with E-state index < -0.39 is 22.7 Å². The molecule has 1 N–H and O–H groups in total. The summed E-state index contributed by atoms with van der Waals surface area (Å²) in [5.74, 6) is -1.10. The van der Waals surface area contributed by atoms with Gasteiger partial charge in [-0.2, -0.15) is 13.2 Å². The molecule has 0 radical (unpaired) electrons. The second kappa shape index (κ2) is 5.12. The van der Waals surface area contributed by atoms with Crippen LogP contribution in [-0.4, -0.2) is 23.2 Å². The first-order chi connectivity index (χ1) is 9.32. The Labute approximate surface area is 115 Å². The Bertz CT molecular complexity index is 634. The SMILES string of the molecule is COc1ccc(-c2nc(C(F)(F)F)c(C(=O)O)s2)cc1. The lowest BCUT2D eigenvalue weighted by Crippen LogP contribution is -2.11. The average molecular weight is 303 g/mol. The van der Waals surface area contributed by atoms with Crippen molar-refractivity contribution in [3.63, 3.8) is 0 Å². The van der Waals surface area contributed by atoms with Gasteiger partial charge in [-0.15, -0.1) is 11.3 Å². The first-order valence-corrected chi connectivity index (χ1v) is 6.10. The van der Waals surface area contributed by atoms with Gasteiger partial charge in [0, 0.05) is 5.56 Å². The number of benzene rings is 1. The summed E-state index contributed by atoms with van der Waals surface area (Å²) in [5.41, 5.74) is -0.977. The number of thiazole rings is 1. The number of carboxylic acids is 1. The van der Waals surface area contributed by atoms with E-state index in [2.05, 4.69) is 4.98 Å². The minimum absolute atomic E-state index is 0.00243. The number of hydrogen-bond donors (Lipinski definition) is 1. The number of methoxy groups -OCH3 is 1. The molecule has 0 bridgehead atoms. The van der Waals surface area contributed by atoms with Crippen LogP contribution in [0.15, 0.2) is 24.3 Å². The van der Waals surface area contributed by atoms with E-state index in [1.807, 2.05) is 0 Å². The quantitative estimate of drug-likeness (QED) is 0.942. The molecule has 0 aliphatic rings. The lowest BCUT2D eigenvalue weighted by atomic mass is 10.2. The van der Waals surface area contributed by atoms with Gasteiger partial charge in [0.1, 0.15) is 15.6 Å². The Hall–Kier alpha value is -2.09. The zero-order chi connectivity index (χ0) is 14.9. The molecule has 1 heterocycles. The number of halogens is 3. The molecule has 20 heavy (non-hydrogen) atoms. The molecule has 4 nitrogen and oxygen atoms in total. The van der Waals surface area contributed by atoms with Crippen LogP contribution in [0.25, 0.3) is 10.6 Å². The number of hydrogen-bond acceptors (Lipinski definition) is 4. The number of ether oxygens (including phenoxy) is 1. The third kappa shape index (κ3) is 2.74. The van der Waals surface area contributed by atoms with Crippen LogP contribution in [0.3, 0.4) is 0 Å². The van der Waals surface area contributed by atoms with Crippen molar-refractivity contribution in [2.24, 2.45) is 0 Å². The van der Waals surface area contributed by atoms with E-state index in [0.717, 1.165) is 0 Å². The van der Waals surface area contributed by atoms with Crippen molar-refractivity contribution in [2.45, 2.75) is 6.18 Å². The minimum atomic E-state index is -4.80. The predicted molar refractivity (Wildman–Crippen MR) is 66.1 cm³/mol. The van der Waals surface area contributed by atoms with Gasteiger partial charge in [-0.25, -0.2) is 9.78 Å². The normalized spacial score (nSPS) is 11.4. The maximum Gasteiger partial charge on any atom is 0.435 e. The Balaban J connectivity index is 2.50. The average Bonchev–Trinajstić information content (AvgIpc) is 2.84. The molecule has 2 aromatic rings. The Morgan fingerprint density at radius 3 is 2.30 bits per heavy atom. The standard InChI is InChI=1S/C12H8F3NO3S/c1-19-7-4-2-6(3-5-7)10-16-9(12(13,14)15)8(20-10)11(17)18/h2-5H,1H3,(H,17,18). The van der Waals surface area contributed by atoms with Gasteiger partial charge in [0.2, 0.25) is 0 Å². The van der Waals surface area contributed by atoms with E-state index in [1.165, 1.54) is 19.2 Å². The zero-order valence-electron chi connectivity index (χ0n) is 10.1. The summed E-state index contributed by atoms with van der Waals surface area (Å²) in [6.45, 7) is 0. The van der Waals surface area contributed by atoms with Gasteiger partial charge < -0.3 is 9.84 Å². The van der Waals surface area contributed by atoms with Gasteiger partial charge in [0.15, 0.2) is 5.69 Å². The lowest BCUT2D eigenvalue weighted by Gasteiger charge is -2.02. The van der Waals surface area contributed by atoms with Crippen molar-refractivity contribution in [3.05, 3.63) is 34.8 Å². The smallest absolute Gasteiger partial charge is 0.435 e. The number of aromatic nitrogens is 1. The van der Waals surface area contributed by atoms with Crippen LogP contribution in [0, 0.1) is 0 Å². The zero-order valence-corrected chi connectivity index (χ0v) is 10.9. The second-order valence-electron chi connectivity index (χ2n) is 3.73. The molecular weight excluding hydrogens is 295 g/mol. The van der Waals surface area contributed by atoms with Gasteiger partial charge >= 0.3 is 12.1 Å². The third-order valence-electron chi connectivity index (χ3n) is 2.43. The van der Waals surface area contributed by atoms with E-state index in [9.17, 15) is 18.0 Å². The number of aromatic carboxylic acids is 1. The highest BCUT2D eigenvalue weighted by Crippen LogP contribution is 2.37. The summed E-state index contributed by atoms with van der Waals surface area (Å²) in [6.07, 6.45) is -4.80. The molecule has 0 unspecified atom stereocenters. The van der Waals surface area contributed by atoms with E-state index >= 15 is 0 Å². The molecule has 0 aliphatic heterocycles. The summed E-state index contributed by atoms with van der Waals surface area (Å²) in [6, 6.07) is 6.15. The van der Waals surface area contributed by atoms with E-state index in [4.69, 9.17) is 9.84 Å². The minimum Gasteiger partial charge on any atom is -0.497 e. The summed E-state index contributed by atoms with van der Waals surface area (Å²) in [4.78, 5) is 13.4. The second-order valence-corrected chi connectivity index (χ2v) is 4.73. The van der Waals surface area contributed by atoms with E-state index in [1.54, 1.807) is 12.1 Å². The predicted octanol–water partition coefficient (Wildman–Crippen LogP) is 3.54. The lowest BCUT2D eigenvalue weighted by molar-refractivity contribution is -0.141. The number of alkyl halides is 3. The monoisotopic (exact) mass is 303 g/mol. The molecular formula is C12H8F3NO3S. The van der Waals surface area contributed by atoms with Crippen LogP contribution in [-0.2, 0) is 6.18 Å². The Morgan fingerprint density at radius 1 is 1.30 bits per heavy atom. The van der Waals surface area contributed by atoms with Gasteiger partial charge in [-0.05, 0) is 24.3 Å². The van der Waals surface area contributed by atoms with Crippen molar-refractivity contribution >= 4 is 17.3 Å². The van der Waals surface area contributed by atoms with Crippen molar-refractivity contribution in [2.75, 3.05) is 7.11 Å². The third-order valence-corrected chi connectivity index (χ3v) is 3.52. The summed E-state index contributed by atoms with van der Waals surface area (Å²) in [5, 5.41) is 8.82.